The van der Waals surface area contributed by atoms with Crippen LogP contribution in [-0.4, -0.2) is 16.6 Å². The molecular weight excluding hydrogens is 212 g/mol. The molecule has 3 heteroatoms. The van der Waals surface area contributed by atoms with Gasteiger partial charge in [-0.25, -0.2) is 4.98 Å². The Morgan fingerprint density at radius 2 is 2.06 bits per heavy atom. The topological polar surface area (TPSA) is 34.1 Å². The predicted octanol–water partition coefficient (Wildman–Crippen LogP) is 3.15. The van der Waals surface area contributed by atoms with Gasteiger partial charge in [-0.05, 0) is 25.8 Å². The van der Waals surface area contributed by atoms with Crippen LogP contribution in [-0.2, 0) is 6.54 Å². The van der Waals surface area contributed by atoms with E-state index in [0.29, 0.717) is 11.9 Å². The third kappa shape index (κ3) is 5.18. The van der Waals surface area contributed by atoms with E-state index in [2.05, 4.69) is 51.0 Å². The fourth-order valence-electron chi connectivity index (χ4n) is 1.25. The second kappa shape index (κ2) is 6.01. The number of hydrogen-bond acceptors (Lipinski definition) is 3. The van der Waals surface area contributed by atoms with Gasteiger partial charge in [-0.15, -0.1) is 0 Å². The molecule has 0 amide bonds. The molecule has 0 aromatic carbocycles. The molecule has 0 saturated heterocycles. The molecule has 96 valence electrons. The lowest BCUT2D eigenvalue weighted by Crippen LogP contribution is -2.27. The molecule has 1 rings (SSSR count). The zero-order valence-corrected chi connectivity index (χ0v) is 11.6. The molecule has 0 aliphatic rings. The van der Waals surface area contributed by atoms with Crippen molar-refractivity contribution in [3.8, 4) is 5.88 Å². The van der Waals surface area contributed by atoms with Crippen LogP contribution in [0.4, 0.5) is 0 Å². The Kier molecular flexibility index (Phi) is 4.94. The van der Waals surface area contributed by atoms with Crippen molar-refractivity contribution in [1.29, 1.82) is 0 Å². The van der Waals surface area contributed by atoms with E-state index in [9.17, 15) is 0 Å². The first-order chi connectivity index (χ1) is 7.93. The van der Waals surface area contributed by atoms with Gasteiger partial charge in [0, 0.05) is 24.8 Å². The third-order valence-corrected chi connectivity index (χ3v) is 2.74. The fraction of sp³-hybridized carbons (Fsp3) is 0.643. The van der Waals surface area contributed by atoms with E-state index in [-0.39, 0.29) is 5.60 Å². The minimum Gasteiger partial charge on any atom is -0.472 e. The van der Waals surface area contributed by atoms with E-state index in [1.165, 1.54) is 5.56 Å². The predicted molar refractivity (Wildman–Crippen MR) is 71.2 cm³/mol. The number of aromatic nitrogens is 1. The first-order valence-electron chi connectivity index (χ1n) is 6.30. The summed E-state index contributed by atoms with van der Waals surface area (Å²) in [7, 11) is 0. The summed E-state index contributed by atoms with van der Waals surface area (Å²) in [4.78, 5) is 4.33. The van der Waals surface area contributed by atoms with Crippen LogP contribution in [0.1, 0.15) is 46.6 Å². The van der Waals surface area contributed by atoms with Gasteiger partial charge in [0.25, 0.3) is 0 Å². The summed E-state index contributed by atoms with van der Waals surface area (Å²) in [6.45, 7) is 11.4. The Bertz CT molecular complexity index is 331. The number of nitrogens with zero attached hydrogens (tertiary/aromatic N) is 1. The molecule has 1 N–H and O–H groups in total. The molecule has 0 spiro atoms. The fourth-order valence-corrected chi connectivity index (χ4v) is 1.25. The van der Waals surface area contributed by atoms with Crippen LogP contribution in [0.2, 0.25) is 0 Å². The van der Waals surface area contributed by atoms with E-state index in [1.54, 1.807) is 0 Å². The molecule has 0 saturated carbocycles. The molecule has 0 bridgehead atoms. The SMILES string of the molecule is CCC(C)(C)Oc1ccc(CNC(C)C)cn1. The maximum Gasteiger partial charge on any atom is 0.213 e. The second-order valence-corrected chi connectivity index (χ2v) is 5.26. The summed E-state index contributed by atoms with van der Waals surface area (Å²) < 4.78 is 5.80. The zero-order chi connectivity index (χ0) is 12.9. The van der Waals surface area contributed by atoms with Crippen molar-refractivity contribution in [2.45, 2.75) is 59.2 Å². The number of ether oxygens (including phenoxy) is 1. The Balaban J connectivity index is 2.56. The highest BCUT2D eigenvalue weighted by Gasteiger charge is 2.17. The molecule has 1 aromatic rings. The van der Waals surface area contributed by atoms with Crippen LogP contribution < -0.4 is 10.1 Å². The van der Waals surface area contributed by atoms with E-state index < -0.39 is 0 Å². The van der Waals surface area contributed by atoms with Gasteiger partial charge in [0.2, 0.25) is 5.88 Å². The van der Waals surface area contributed by atoms with Gasteiger partial charge in [0.15, 0.2) is 0 Å². The Morgan fingerprint density at radius 1 is 1.35 bits per heavy atom. The molecule has 3 nitrogen and oxygen atoms in total. The molecule has 0 fully saturated rings. The van der Waals surface area contributed by atoms with Gasteiger partial charge in [0.1, 0.15) is 5.60 Å². The monoisotopic (exact) mass is 236 g/mol. The quantitative estimate of drug-likeness (QED) is 0.824. The molecule has 0 atom stereocenters. The lowest BCUT2D eigenvalue weighted by molar-refractivity contribution is 0.0990. The number of rotatable bonds is 6. The first kappa shape index (κ1) is 14.0. The van der Waals surface area contributed by atoms with Gasteiger partial charge in [-0.1, -0.05) is 26.8 Å². The minimum absolute atomic E-state index is 0.148. The highest BCUT2D eigenvalue weighted by molar-refractivity contribution is 5.18. The standard InChI is InChI=1S/C14H24N2O/c1-6-14(4,5)17-13-8-7-12(10-16-13)9-15-11(2)3/h7-8,10-11,15H,6,9H2,1-5H3. The summed E-state index contributed by atoms with van der Waals surface area (Å²) in [5.41, 5.74) is 1.03. The van der Waals surface area contributed by atoms with E-state index in [1.807, 2.05) is 12.3 Å². The van der Waals surface area contributed by atoms with Crippen molar-refractivity contribution in [1.82, 2.24) is 10.3 Å². The zero-order valence-electron chi connectivity index (χ0n) is 11.6. The molecule has 17 heavy (non-hydrogen) atoms. The van der Waals surface area contributed by atoms with Gasteiger partial charge >= 0.3 is 0 Å². The van der Waals surface area contributed by atoms with Crippen LogP contribution in [0.3, 0.4) is 0 Å². The summed E-state index contributed by atoms with van der Waals surface area (Å²) in [6, 6.07) is 4.49. The molecule has 0 aliphatic carbocycles. The van der Waals surface area contributed by atoms with Crippen LogP contribution in [0.5, 0.6) is 5.88 Å². The highest BCUT2D eigenvalue weighted by Crippen LogP contribution is 2.18. The number of pyridine rings is 1. The maximum absolute atomic E-state index is 5.80. The maximum atomic E-state index is 5.80. The average molecular weight is 236 g/mol. The van der Waals surface area contributed by atoms with Gasteiger partial charge in [-0.3, -0.25) is 0 Å². The lowest BCUT2D eigenvalue weighted by Gasteiger charge is -2.23. The summed E-state index contributed by atoms with van der Waals surface area (Å²) in [5, 5.41) is 3.36. The Hall–Kier alpha value is -1.09. The molecular formula is C14H24N2O. The van der Waals surface area contributed by atoms with Crippen LogP contribution in [0.15, 0.2) is 18.3 Å². The lowest BCUT2D eigenvalue weighted by atomic mass is 10.1. The minimum atomic E-state index is -0.148. The van der Waals surface area contributed by atoms with Gasteiger partial charge in [-0.2, -0.15) is 0 Å². The van der Waals surface area contributed by atoms with Crippen molar-refractivity contribution in [3.05, 3.63) is 23.9 Å². The van der Waals surface area contributed by atoms with Crippen molar-refractivity contribution in [2.75, 3.05) is 0 Å². The molecule has 0 aliphatic heterocycles. The van der Waals surface area contributed by atoms with Gasteiger partial charge < -0.3 is 10.1 Å². The van der Waals surface area contributed by atoms with Gasteiger partial charge in [0.05, 0.1) is 0 Å². The van der Waals surface area contributed by atoms with Crippen molar-refractivity contribution in [2.24, 2.45) is 0 Å². The normalized spacial score (nSPS) is 11.9. The highest BCUT2D eigenvalue weighted by atomic mass is 16.5. The van der Waals surface area contributed by atoms with Crippen molar-refractivity contribution < 1.29 is 4.74 Å². The van der Waals surface area contributed by atoms with Crippen molar-refractivity contribution in [3.63, 3.8) is 0 Å². The average Bonchev–Trinajstić information content (AvgIpc) is 2.28. The smallest absolute Gasteiger partial charge is 0.213 e. The largest absolute Gasteiger partial charge is 0.472 e. The van der Waals surface area contributed by atoms with E-state index in [0.717, 1.165) is 13.0 Å². The van der Waals surface area contributed by atoms with Crippen LogP contribution in [0.25, 0.3) is 0 Å². The second-order valence-electron chi connectivity index (χ2n) is 5.26. The summed E-state index contributed by atoms with van der Waals surface area (Å²) in [5.74, 6) is 0.699. The van der Waals surface area contributed by atoms with E-state index >= 15 is 0 Å². The Labute approximate surface area is 105 Å². The summed E-state index contributed by atoms with van der Waals surface area (Å²) >= 11 is 0. The van der Waals surface area contributed by atoms with Crippen LogP contribution in [0, 0.1) is 0 Å². The van der Waals surface area contributed by atoms with Crippen LogP contribution >= 0.6 is 0 Å². The number of nitrogens with one attached hydrogen (secondary N) is 1. The summed E-state index contributed by atoms with van der Waals surface area (Å²) in [6.07, 6.45) is 2.84. The molecule has 0 unspecified atom stereocenters. The molecule has 1 aromatic heterocycles. The van der Waals surface area contributed by atoms with E-state index in [4.69, 9.17) is 4.74 Å². The van der Waals surface area contributed by atoms with Crippen molar-refractivity contribution >= 4 is 0 Å². The Morgan fingerprint density at radius 3 is 2.53 bits per heavy atom. The molecule has 1 heterocycles. The third-order valence-electron chi connectivity index (χ3n) is 2.74. The molecule has 0 radical (unpaired) electrons. The number of hydrogen-bond donors (Lipinski definition) is 1. The first-order valence-corrected chi connectivity index (χ1v) is 6.30.